The van der Waals surface area contributed by atoms with Crippen LogP contribution in [0.2, 0.25) is 0 Å². The Hall–Kier alpha value is 0. The lowest BCUT2D eigenvalue weighted by atomic mass is 9.95. The Bertz CT molecular complexity index is 82.0. The van der Waals surface area contributed by atoms with Crippen LogP contribution in [-0.4, -0.2) is 0 Å². The zero-order valence-corrected chi connectivity index (χ0v) is 11.4. The molecule has 0 heteroatoms. The van der Waals surface area contributed by atoms with E-state index in [2.05, 4.69) is 41.5 Å². The molecule has 0 radical (unpaired) electrons. The highest BCUT2D eigenvalue weighted by atomic mass is 14.1. The third-order valence-electron chi connectivity index (χ3n) is 2.36. The lowest BCUT2D eigenvalue weighted by Crippen LogP contribution is -1.98. The normalized spacial score (nSPS) is 12.2. The summed E-state index contributed by atoms with van der Waals surface area (Å²) in [6, 6.07) is 0. The van der Waals surface area contributed by atoms with Gasteiger partial charge in [-0.2, -0.15) is 0 Å². The molecular formula is C14H32. The molecule has 0 N–H and O–H groups in total. The smallest absolute Gasteiger partial charge is 0.0440 e. The summed E-state index contributed by atoms with van der Waals surface area (Å²) in [5.74, 6) is 1.82. The summed E-state index contributed by atoms with van der Waals surface area (Å²) in [6.07, 6.45) is 8.22. The molecule has 1 unspecified atom stereocenters. The molecule has 1 atom stereocenters. The second-order valence-corrected chi connectivity index (χ2v) is 4.88. The first-order valence-corrected chi connectivity index (χ1v) is 6.58. The van der Waals surface area contributed by atoms with E-state index < -0.39 is 0 Å². The van der Waals surface area contributed by atoms with Crippen LogP contribution in [0, 0.1) is 11.8 Å². The summed E-state index contributed by atoms with van der Waals surface area (Å²) < 4.78 is 0. The van der Waals surface area contributed by atoms with Crippen LogP contribution in [0.5, 0.6) is 0 Å². The van der Waals surface area contributed by atoms with Gasteiger partial charge in [0.15, 0.2) is 0 Å². The Labute approximate surface area is 92.5 Å². The summed E-state index contributed by atoms with van der Waals surface area (Å²) in [7, 11) is 0. The Kier molecular flexibility index (Phi) is 15.3. The fraction of sp³-hybridized carbons (Fsp3) is 1.00. The minimum Gasteiger partial charge on any atom is -0.0654 e. The van der Waals surface area contributed by atoms with Gasteiger partial charge < -0.3 is 0 Å². The van der Waals surface area contributed by atoms with Crippen molar-refractivity contribution in [1.29, 1.82) is 0 Å². The minimum atomic E-state index is 0.881. The molecule has 0 aromatic carbocycles. The van der Waals surface area contributed by atoms with Gasteiger partial charge in [0.2, 0.25) is 0 Å². The van der Waals surface area contributed by atoms with Gasteiger partial charge in [-0.1, -0.05) is 73.6 Å². The number of unbranched alkanes of at least 4 members (excludes halogenated alkanes) is 2. The summed E-state index contributed by atoms with van der Waals surface area (Å²) in [5, 5.41) is 0. The monoisotopic (exact) mass is 200 g/mol. The largest absolute Gasteiger partial charge is 0.0654 e. The molecule has 0 rings (SSSR count). The number of rotatable bonds is 6. The van der Waals surface area contributed by atoms with Crippen molar-refractivity contribution in [3.05, 3.63) is 0 Å². The molecule has 0 aliphatic carbocycles. The van der Waals surface area contributed by atoms with E-state index in [1.165, 1.54) is 38.5 Å². The Morgan fingerprint density at radius 3 is 1.50 bits per heavy atom. The van der Waals surface area contributed by atoms with Crippen molar-refractivity contribution in [2.24, 2.45) is 11.8 Å². The fourth-order valence-electron chi connectivity index (χ4n) is 1.77. The van der Waals surface area contributed by atoms with Crippen LogP contribution in [0.3, 0.4) is 0 Å². The van der Waals surface area contributed by atoms with Crippen molar-refractivity contribution in [3.8, 4) is 0 Å². The van der Waals surface area contributed by atoms with Crippen LogP contribution < -0.4 is 0 Å². The van der Waals surface area contributed by atoms with Gasteiger partial charge in [-0.3, -0.25) is 0 Å². The average Bonchev–Trinajstić information content (AvgIpc) is 2.05. The van der Waals surface area contributed by atoms with E-state index in [-0.39, 0.29) is 0 Å². The Morgan fingerprint density at radius 1 is 0.786 bits per heavy atom. The van der Waals surface area contributed by atoms with E-state index in [9.17, 15) is 0 Å². The fourth-order valence-corrected chi connectivity index (χ4v) is 1.77. The van der Waals surface area contributed by atoms with Crippen LogP contribution >= 0.6 is 0 Å². The first-order valence-electron chi connectivity index (χ1n) is 6.58. The molecule has 0 saturated carbocycles. The minimum absolute atomic E-state index is 0.881. The Morgan fingerprint density at radius 2 is 1.29 bits per heavy atom. The van der Waals surface area contributed by atoms with Gasteiger partial charge in [0.25, 0.3) is 0 Å². The predicted molar refractivity (Wildman–Crippen MR) is 68.7 cm³/mol. The highest BCUT2D eigenvalue weighted by Crippen LogP contribution is 2.15. The summed E-state index contributed by atoms with van der Waals surface area (Å²) in [4.78, 5) is 0. The van der Waals surface area contributed by atoms with E-state index >= 15 is 0 Å². The van der Waals surface area contributed by atoms with E-state index in [1.807, 2.05) is 0 Å². The van der Waals surface area contributed by atoms with Gasteiger partial charge in [-0.25, -0.2) is 0 Å². The molecule has 0 amide bonds. The SMILES string of the molecule is CCCC(C)CC(C)C.CCCCC. The zero-order valence-electron chi connectivity index (χ0n) is 11.4. The van der Waals surface area contributed by atoms with Crippen LogP contribution in [0.25, 0.3) is 0 Å². The molecule has 0 fully saturated rings. The van der Waals surface area contributed by atoms with Gasteiger partial charge in [0.1, 0.15) is 0 Å². The van der Waals surface area contributed by atoms with E-state index in [0.717, 1.165) is 11.8 Å². The van der Waals surface area contributed by atoms with Crippen LogP contribution in [0.1, 0.15) is 80.1 Å². The van der Waals surface area contributed by atoms with Gasteiger partial charge in [-0.05, 0) is 18.3 Å². The maximum absolute atomic E-state index is 2.35. The highest BCUT2D eigenvalue weighted by Gasteiger charge is 2.02. The molecule has 0 heterocycles. The Balaban J connectivity index is 0. The third-order valence-corrected chi connectivity index (χ3v) is 2.36. The quantitative estimate of drug-likeness (QED) is 0.518. The maximum atomic E-state index is 2.35. The second-order valence-electron chi connectivity index (χ2n) is 4.88. The van der Waals surface area contributed by atoms with Crippen LogP contribution in [0.4, 0.5) is 0 Å². The van der Waals surface area contributed by atoms with Gasteiger partial charge >= 0.3 is 0 Å². The lowest BCUT2D eigenvalue weighted by Gasteiger charge is -2.11. The van der Waals surface area contributed by atoms with Gasteiger partial charge in [-0.15, -0.1) is 0 Å². The van der Waals surface area contributed by atoms with Crippen LogP contribution in [-0.2, 0) is 0 Å². The molecule has 0 aliphatic heterocycles. The maximum Gasteiger partial charge on any atom is -0.0440 e. The molecule has 88 valence electrons. The van der Waals surface area contributed by atoms with Crippen LogP contribution in [0.15, 0.2) is 0 Å². The molecule has 0 saturated heterocycles. The average molecular weight is 200 g/mol. The van der Waals surface area contributed by atoms with Crippen molar-refractivity contribution in [2.45, 2.75) is 80.1 Å². The first kappa shape index (κ1) is 16.4. The van der Waals surface area contributed by atoms with E-state index in [1.54, 1.807) is 0 Å². The van der Waals surface area contributed by atoms with Crippen molar-refractivity contribution >= 4 is 0 Å². The first-order chi connectivity index (χ1) is 6.58. The van der Waals surface area contributed by atoms with Crippen molar-refractivity contribution in [2.75, 3.05) is 0 Å². The lowest BCUT2D eigenvalue weighted by molar-refractivity contribution is 0.412. The summed E-state index contributed by atoms with van der Waals surface area (Å²) >= 11 is 0. The van der Waals surface area contributed by atoms with E-state index in [4.69, 9.17) is 0 Å². The molecular weight excluding hydrogens is 168 g/mol. The van der Waals surface area contributed by atoms with Crippen molar-refractivity contribution in [3.63, 3.8) is 0 Å². The van der Waals surface area contributed by atoms with Crippen molar-refractivity contribution in [1.82, 2.24) is 0 Å². The molecule has 0 aromatic rings. The van der Waals surface area contributed by atoms with E-state index in [0.29, 0.717) is 0 Å². The molecule has 0 bridgehead atoms. The molecule has 14 heavy (non-hydrogen) atoms. The zero-order chi connectivity index (χ0) is 11.4. The van der Waals surface area contributed by atoms with Gasteiger partial charge in [0.05, 0.1) is 0 Å². The number of hydrogen-bond acceptors (Lipinski definition) is 0. The topological polar surface area (TPSA) is 0 Å². The second kappa shape index (κ2) is 13.0. The molecule has 0 aliphatic rings. The van der Waals surface area contributed by atoms with Crippen molar-refractivity contribution < 1.29 is 0 Å². The summed E-state index contributed by atoms with van der Waals surface area (Å²) in [5.41, 5.74) is 0. The number of hydrogen-bond donors (Lipinski definition) is 0. The predicted octanol–water partition coefficient (Wildman–Crippen LogP) is 5.67. The standard InChI is InChI=1S/C9H20.C5H12/c1-5-6-9(4)7-8(2)3;1-3-5-4-2/h8-9H,5-7H2,1-4H3;3-5H2,1-2H3. The molecule has 0 spiro atoms. The van der Waals surface area contributed by atoms with Gasteiger partial charge in [0, 0.05) is 0 Å². The molecule has 0 nitrogen and oxygen atoms in total. The summed E-state index contributed by atoms with van der Waals surface area (Å²) in [6.45, 7) is 13.6. The third kappa shape index (κ3) is 17.9. The highest BCUT2D eigenvalue weighted by molar-refractivity contribution is 4.54. The molecule has 0 aromatic heterocycles.